The maximum absolute atomic E-state index is 14.1. The smallest absolute Gasteiger partial charge is 0.251 e. The van der Waals surface area contributed by atoms with Crippen LogP contribution in [0.25, 0.3) is 21.8 Å². The lowest BCUT2D eigenvalue weighted by Gasteiger charge is -2.34. The molecule has 0 bridgehead atoms. The Balaban J connectivity index is 1.09. The van der Waals surface area contributed by atoms with Crippen LogP contribution < -0.4 is 5.56 Å². The van der Waals surface area contributed by atoms with Crippen LogP contribution in [0.2, 0.25) is 5.02 Å². The number of fused-ring (bicyclic) bond motifs is 4. The molecule has 0 spiro atoms. The number of para-hydroxylation sites is 1. The summed E-state index contributed by atoms with van der Waals surface area (Å²) in [4.78, 5) is 51.4. The van der Waals surface area contributed by atoms with Crippen LogP contribution in [0.1, 0.15) is 53.9 Å². The minimum absolute atomic E-state index is 0.0119. The number of nitrogens with one attached hydrogen (secondary N) is 2. The van der Waals surface area contributed by atoms with Gasteiger partial charge in [0.25, 0.3) is 5.56 Å². The van der Waals surface area contributed by atoms with E-state index in [1.807, 2.05) is 58.3 Å². The van der Waals surface area contributed by atoms with E-state index in [1.54, 1.807) is 18.6 Å². The number of H-pyrrole nitrogens is 2. The summed E-state index contributed by atoms with van der Waals surface area (Å²) >= 11 is 6.60. The Labute approximate surface area is 259 Å². The largest absolute Gasteiger partial charge is 0.343 e. The van der Waals surface area contributed by atoms with Crippen molar-refractivity contribution in [3.8, 4) is 0 Å². The predicted octanol–water partition coefficient (Wildman–Crippen LogP) is 5.34. The number of hydrogen-bond donors (Lipinski definition) is 2. The van der Waals surface area contributed by atoms with Gasteiger partial charge in [0.2, 0.25) is 11.8 Å². The third-order valence-corrected chi connectivity index (χ3v) is 9.58. The van der Waals surface area contributed by atoms with Crippen molar-refractivity contribution < 1.29 is 9.59 Å². The predicted molar refractivity (Wildman–Crippen MR) is 169 cm³/mol. The summed E-state index contributed by atoms with van der Waals surface area (Å²) < 4.78 is 0. The molecule has 3 aromatic heterocycles. The number of halogens is 1. The zero-order valence-corrected chi connectivity index (χ0v) is 25.0. The molecule has 10 heteroatoms. The second kappa shape index (κ2) is 11.9. The Morgan fingerprint density at radius 1 is 1.02 bits per heavy atom. The number of piperidine rings is 1. The minimum Gasteiger partial charge on any atom is -0.343 e. The molecule has 1 fully saturated rings. The summed E-state index contributed by atoms with van der Waals surface area (Å²) in [5.74, 6) is -0.392. The van der Waals surface area contributed by atoms with Crippen LogP contribution >= 0.6 is 11.6 Å². The van der Waals surface area contributed by atoms with Crippen LogP contribution in [0, 0.1) is 5.92 Å². The molecule has 5 heterocycles. The molecular formula is C34H33ClN6O3. The molecule has 224 valence electrons. The van der Waals surface area contributed by atoms with Gasteiger partial charge >= 0.3 is 0 Å². The molecule has 2 amide bonds. The van der Waals surface area contributed by atoms with Crippen molar-refractivity contribution >= 4 is 45.2 Å². The lowest BCUT2D eigenvalue weighted by atomic mass is 9.87. The van der Waals surface area contributed by atoms with E-state index in [9.17, 15) is 14.4 Å². The van der Waals surface area contributed by atoms with Crippen LogP contribution in [0.15, 0.2) is 71.9 Å². The van der Waals surface area contributed by atoms with E-state index in [4.69, 9.17) is 11.6 Å². The number of aromatic nitrogens is 4. The molecule has 2 aliphatic rings. The lowest BCUT2D eigenvalue weighted by molar-refractivity contribution is -0.143. The molecule has 1 saturated heterocycles. The van der Waals surface area contributed by atoms with Crippen molar-refractivity contribution in [2.24, 2.45) is 5.92 Å². The van der Waals surface area contributed by atoms with Crippen LogP contribution in [0.5, 0.6) is 0 Å². The van der Waals surface area contributed by atoms with E-state index in [1.165, 1.54) is 0 Å². The first-order chi connectivity index (χ1) is 21.4. The highest BCUT2D eigenvalue weighted by Crippen LogP contribution is 2.34. The Bertz CT molecular complexity index is 1910. The van der Waals surface area contributed by atoms with Gasteiger partial charge in [-0.3, -0.25) is 24.5 Å². The van der Waals surface area contributed by atoms with Crippen LogP contribution in [-0.4, -0.2) is 54.9 Å². The van der Waals surface area contributed by atoms with Gasteiger partial charge in [-0.2, -0.15) is 5.10 Å². The van der Waals surface area contributed by atoms with Gasteiger partial charge in [-0.05, 0) is 84.0 Å². The normalized spacial score (nSPS) is 17.9. The standard InChI is InChI=1S/C34H33ClN6O3/c35-29-16-23-5-6-25(34(44)41(19-21-7-11-36-12-8-21)20-28(23)27-18-37-39-32(27)29)17-31(42)40-13-9-22(10-14-40)26-15-24-3-1-2-4-30(24)38-33(26)43/h1-4,7-8,11-12,15-16,18,22,25H,5-6,9-10,13-14,17,19-20H2,(H,37,39)(H,38,43)/t25-/m0/s1. The molecule has 44 heavy (non-hydrogen) atoms. The number of amides is 2. The van der Waals surface area contributed by atoms with Crippen molar-refractivity contribution in [3.05, 3.63) is 105 Å². The SMILES string of the molecule is O=C(C[C@@H]1CCc2cc(Cl)c3[nH]ncc3c2CN(Cc2ccncc2)C1=O)N1CCC(c2cc3ccccc3[nH]c2=O)CC1. The summed E-state index contributed by atoms with van der Waals surface area (Å²) in [6.07, 6.45) is 8.00. The summed E-state index contributed by atoms with van der Waals surface area (Å²) in [6, 6.07) is 15.6. The van der Waals surface area contributed by atoms with E-state index in [-0.39, 0.29) is 29.7 Å². The highest BCUT2D eigenvalue weighted by molar-refractivity contribution is 6.35. The first-order valence-corrected chi connectivity index (χ1v) is 15.5. The highest BCUT2D eigenvalue weighted by atomic mass is 35.5. The number of aromatic amines is 2. The molecule has 0 radical (unpaired) electrons. The number of nitrogens with zero attached hydrogens (tertiary/aromatic N) is 4. The quantitative estimate of drug-likeness (QED) is 0.279. The Morgan fingerprint density at radius 3 is 2.64 bits per heavy atom. The van der Waals surface area contributed by atoms with Crippen molar-refractivity contribution in [1.29, 1.82) is 0 Å². The van der Waals surface area contributed by atoms with Gasteiger partial charge in [0.1, 0.15) is 0 Å². The van der Waals surface area contributed by atoms with E-state index >= 15 is 0 Å². The second-order valence-corrected chi connectivity index (χ2v) is 12.3. The van der Waals surface area contributed by atoms with Crippen molar-refractivity contribution in [1.82, 2.24) is 30.0 Å². The summed E-state index contributed by atoms with van der Waals surface area (Å²) in [7, 11) is 0. The van der Waals surface area contributed by atoms with E-state index in [0.717, 1.165) is 44.1 Å². The number of rotatable bonds is 5. The topological polar surface area (TPSA) is 115 Å². The monoisotopic (exact) mass is 608 g/mol. The molecule has 0 saturated carbocycles. The number of aryl methyl sites for hydroxylation is 1. The Morgan fingerprint density at radius 2 is 1.82 bits per heavy atom. The van der Waals surface area contributed by atoms with Gasteiger partial charge in [-0.1, -0.05) is 29.8 Å². The van der Waals surface area contributed by atoms with Crippen molar-refractivity contribution in [2.45, 2.75) is 51.1 Å². The molecule has 0 aliphatic carbocycles. The highest BCUT2D eigenvalue weighted by Gasteiger charge is 2.33. The molecule has 2 aromatic carbocycles. The second-order valence-electron chi connectivity index (χ2n) is 11.9. The van der Waals surface area contributed by atoms with Gasteiger partial charge in [0.05, 0.1) is 16.7 Å². The number of benzene rings is 2. The zero-order valence-electron chi connectivity index (χ0n) is 24.3. The molecule has 9 nitrogen and oxygen atoms in total. The summed E-state index contributed by atoms with van der Waals surface area (Å²) in [5.41, 5.74) is 5.41. The molecular weight excluding hydrogens is 576 g/mol. The van der Waals surface area contributed by atoms with Crippen molar-refractivity contribution in [3.63, 3.8) is 0 Å². The Kier molecular flexibility index (Phi) is 7.64. The first-order valence-electron chi connectivity index (χ1n) is 15.2. The summed E-state index contributed by atoms with van der Waals surface area (Å²) in [5, 5.41) is 9.72. The average molecular weight is 609 g/mol. The van der Waals surface area contributed by atoms with E-state index in [2.05, 4.69) is 20.2 Å². The number of hydrogen-bond acceptors (Lipinski definition) is 5. The van der Waals surface area contributed by atoms with Crippen LogP contribution in [-0.2, 0) is 29.1 Å². The number of likely N-dealkylation sites (tertiary alicyclic amines) is 1. The van der Waals surface area contributed by atoms with Crippen LogP contribution in [0.4, 0.5) is 0 Å². The average Bonchev–Trinajstić information content (AvgIpc) is 3.54. The number of carbonyl (C=O) groups excluding carboxylic acids is 2. The minimum atomic E-state index is -0.447. The Hall–Kier alpha value is -4.50. The first kappa shape index (κ1) is 28.3. The maximum Gasteiger partial charge on any atom is 0.251 e. The van der Waals surface area contributed by atoms with E-state index in [0.29, 0.717) is 56.9 Å². The molecule has 5 aromatic rings. The van der Waals surface area contributed by atoms with Gasteiger partial charge in [0, 0.05) is 67.4 Å². The van der Waals surface area contributed by atoms with Gasteiger partial charge < -0.3 is 14.8 Å². The van der Waals surface area contributed by atoms with E-state index < -0.39 is 5.92 Å². The maximum atomic E-state index is 14.1. The summed E-state index contributed by atoms with van der Waals surface area (Å²) in [6.45, 7) is 1.95. The molecule has 2 aliphatic heterocycles. The van der Waals surface area contributed by atoms with Gasteiger partial charge in [-0.15, -0.1) is 0 Å². The molecule has 0 unspecified atom stereocenters. The number of pyridine rings is 2. The molecule has 7 rings (SSSR count). The number of carbonyl (C=O) groups is 2. The zero-order chi connectivity index (χ0) is 30.2. The van der Waals surface area contributed by atoms with Crippen molar-refractivity contribution in [2.75, 3.05) is 13.1 Å². The fraction of sp³-hybridized carbons (Fsp3) is 0.324. The molecule has 1 atom stereocenters. The third kappa shape index (κ3) is 5.48. The fourth-order valence-electron chi connectivity index (χ4n) is 6.85. The van der Waals surface area contributed by atoms with Gasteiger partial charge in [-0.25, -0.2) is 0 Å². The molecule has 2 N–H and O–H groups in total. The van der Waals surface area contributed by atoms with Crippen LogP contribution in [0.3, 0.4) is 0 Å². The third-order valence-electron chi connectivity index (χ3n) is 9.28. The fourth-order valence-corrected chi connectivity index (χ4v) is 7.13. The van der Waals surface area contributed by atoms with Gasteiger partial charge in [0.15, 0.2) is 0 Å². The lowest BCUT2D eigenvalue weighted by Crippen LogP contribution is -2.43.